The average molecular weight is 378 g/mol. The fourth-order valence-electron chi connectivity index (χ4n) is 2.51. The lowest BCUT2D eigenvalue weighted by Gasteiger charge is -2.23. The average Bonchev–Trinajstić information content (AvgIpc) is 2.54. The van der Waals surface area contributed by atoms with Gasteiger partial charge in [0.05, 0.1) is 4.92 Å². The number of nitrogen functional groups attached to an aromatic ring is 1. The van der Waals surface area contributed by atoms with Gasteiger partial charge in [0, 0.05) is 29.2 Å². The van der Waals surface area contributed by atoms with Gasteiger partial charge in [-0.3, -0.25) is 15.0 Å². The van der Waals surface area contributed by atoms with E-state index in [4.69, 9.17) is 5.73 Å². The van der Waals surface area contributed by atoms with Crippen molar-refractivity contribution in [3.63, 3.8) is 0 Å². The van der Waals surface area contributed by atoms with E-state index in [1.54, 1.807) is 0 Å². The van der Waals surface area contributed by atoms with E-state index in [1.807, 2.05) is 25.1 Å². The first-order chi connectivity index (χ1) is 10.9. The third-order valence-corrected chi connectivity index (χ3v) is 4.77. The van der Waals surface area contributed by atoms with E-state index >= 15 is 0 Å². The van der Waals surface area contributed by atoms with Gasteiger partial charge < -0.3 is 5.73 Å². The third kappa shape index (κ3) is 4.09. The van der Waals surface area contributed by atoms with Crippen LogP contribution >= 0.6 is 15.9 Å². The van der Waals surface area contributed by atoms with Gasteiger partial charge >= 0.3 is 0 Å². The molecule has 0 saturated heterocycles. The van der Waals surface area contributed by atoms with Crippen molar-refractivity contribution in [2.45, 2.75) is 26.9 Å². The van der Waals surface area contributed by atoms with Crippen molar-refractivity contribution < 1.29 is 4.92 Å². The number of hydrogen-bond donors (Lipinski definition) is 1. The first-order valence-electron chi connectivity index (χ1n) is 7.42. The van der Waals surface area contributed by atoms with Crippen molar-refractivity contribution in [1.29, 1.82) is 0 Å². The Morgan fingerprint density at radius 3 is 2.48 bits per heavy atom. The standard InChI is InChI=1S/C17H20BrN3O2/c1-3-20(10-13-7-5-4-6-8-13)11-14-12(2)15(18)9-16(17(14)19)21(22)23/h4-9H,3,10-11,19H2,1-2H3. The van der Waals surface area contributed by atoms with Gasteiger partial charge in [-0.25, -0.2) is 0 Å². The molecule has 0 aliphatic rings. The highest BCUT2D eigenvalue weighted by molar-refractivity contribution is 9.10. The zero-order valence-corrected chi connectivity index (χ0v) is 14.8. The van der Waals surface area contributed by atoms with Gasteiger partial charge in [0.15, 0.2) is 0 Å². The summed E-state index contributed by atoms with van der Waals surface area (Å²) < 4.78 is 0.712. The lowest BCUT2D eigenvalue weighted by atomic mass is 10.0. The largest absolute Gasteiger partial charge is 0.393 e. The van der Waals surface area contributed by atoms with Crippen LogP contribution < -0.4 is 5.73 Å². The Morgan fingerprint density at radius 1 is 1.26 bits per heavy atom. The van der Waals surface area contributed by atoms with Crippen LogP contribution in [-0.4, -0.2) is 16.4 Å². The number of nitro benzene ring substituents is 1. The zero-order chi connectivity index (χ0) is 17.0. The summed E-state index contributed by atoms with van der Waals surface area (Å²) in [5.41, 5.74) is 9.22. The molecule has 122 valence electrons. The normalized spacial score (nSPS) is 11.0. The Kier molecular flexibility index (Phi) is 5.74. The number of nitro groups is 1. The fraction of sp³-hybridized carbons (Fsp3) is 0.294. The van der Waals surface area contributed by atoms with E-state index in [2.05, 4.69) is 39.9 Å². The first kappa shape index (κ1) is 17.4. The lowest BCUT2D eigenvalue weighted by Crippen LogP contribution is -2.23. The van der Waals surface area contributed by atoms with Gasteiger partial charge in [0.1, 0.15) is 5.69 Å². The third-order valence-electron chi connectivity index (χ3n) is 3.95. The maximum Gasteiger partial charge on any atom is 0.293 e. The van der Waals surface area contributed by atoms with Gasteiger partial charge in [-0.05, 0) is 24.6 Å². The maximum absolute atomic E-state index is 11.2. The zero-order valence-electron chi connectivity index (χ0n) is 13.3. The van der Waals surface area contributed by atoms with Crippen molar-refractivity contribution in [1.82, 2.24) is 4.90 Å². The molecule has 2 rings (SSSR count). The van der Waals surface area contributed by atoms with Gasteiger partial charge in [0.25, 0.3) is 5.69 Å². The molecule has 2 N–H and O–H groups in total. The molecule has 2 aromatic rings. The molecule has 2 aromatic carbocycles. The minimum atomic E-state index is -0.434. The van der Waals surface area contributed by atoms with Crippen molar-refractivity contribution in [3.8, 4) is 0 Å². The van der Waals surface area contributed by atoms with Crippen LogP contribution in [0, 0.1) is 17.0 Å². The molecule has 0 radical (unpaired) electrons. The predicted octanol–water partition coefficient (Wildman–Crippen LogP) is 4.27. The van der Waals surface area contributed by atoms with Crippen LogP contribution in [-0.2, 0) is 13.1 Å². The smallest absolute Gasteiger partial charge is 0.293 e. The van der Waals surface area contributed by atoms with Crippen molar-refractivity contribution in [2.24, 2.45) is 0 Å². The van der Waals surface area contributed by atoms with E-state index in [-0.39, 0.29) is 11.4 Å². The number of rotatable bonds is 6. The highest BCUT2D eigenvalue weighted by Gasteiger charge is 2.21. The second-order valence-corrected chi connectivity index (χ2v) is 6.30. The monoisotopic (exact) mass is 377 g/mol. The maximum atomic E-state index is 11.2. The van der Waals surface area contributed by atoms with Crippen LogP contribution in [0.5, 0.6) is 0 Å². The molecule has 0 aliphatic carbocycles. The van der Waals surface area contributed by atoms with Gasteiger partial charge in [-0.2, -0.15) is 0 Å². The molecule has 5 nitrogen and oxygen atoms in total. The van der Waals surface area contributed by atoms with Crippen LogP contribution in [0.3, 0.4) is 0 Å². The van der Waals surface area contributed by atoms with Crippen molar-refractivity contribution >= 4 is 27.3 Å². The molecule has 0 unspecified atom stereocenters. The van der Waals surface area contributed by atoms with Crippen molar-refractivity contribution in [2.75, 3.05) is 12.3 Å². The molecule has 0 fully saturated rings. The molecule has 6 heteroatoms. The summed E-state index contributed by atoms with van der Waals surface area (Å²) >= 11 is 3.40. The molecule has 0 atom stereocenters. The van der Waals surface area contributed by atoms with Crippen molar-refractivity contribution in [3.05, 3.63) is 67.7 Å². The summed E-state index contributed by atoms with van der Waals surface area (Å²) in [7, 11) is 0. The molecule has 23 heavy (non-hydrogen) atoms. The molecule has 0 heterocycles. The van der Waals surface area contributed by atoms with Crippen LogP contribution in [0.2, 0.25) is 0 Å². The Balaban J connectivity index is 2.32. The Morgan fingerprint density at radius 2 is 1.91 bits per heavy atom. The van der Waals surface area contributed by atoms with Crippen LogP contribution in [0.25, 0.3) is 0 Å². The summed E-state index contributed by atoms with van der Waals surface area (Å²) in [6.07, 6.45) is 0. The van der Waals surface area contributed by atoms with E-state index in [1.165, 1.54) is 11.6 Å². The van der Waals surface area contributed by atoms with Gasteiger partial charge in [0.2, 0.25) is 0 Å². The molecule has 0 aromatic heterocycles. The van der Waals surface area contributed by atoms with E-state index in [0.29, 0.717) is 11.0 Å². The SMILES string of the molecule is CCN(Cc1ccccc1)Cc1c(C)c(Br)cc([N+](=O)[O-])c1N. The molecular formula is C17H20BrN3O2. The molecule has 0 spiro atoms. The summed E-state index contributed by atoms with van der Waals surface area (Å²) in [4.78, 5) is 13.0. The summed E-state index contributed by atoms with van der Waals surface area (Å²) in [5, 5.41) is 11.2. The minimum Gasteiger partial charge on any atom is -0.393 e. The minimum absolute atomic E-state index is 0.0479. The molecule has 0 amide bonds. The number of halogens is 1. The number of nitrogens with two attached hydrogens (primary N) is 1. The highest BCUT2D eigenvalue weighted by atomic mass is 79.9. The highest BCUT2D eigenvalue weighted by Crippen LogP contribution is 2.34. The molecule has 0 bridgehead atoms. The van der Waals surface area contributed by atoms with E-state index in [9.17, 15) is 10.1 Å². The van der Waals surface area contributed by atoms with Crippen LogP contribution in [0.4, 0.5) is 11.4 Å². The Bertz CT molecular complexity index is 705. The molecule has 0 aliphatic heterocycles. The number of anilines is 1. The summed E-state index contributed by atoms with van der Waals surface area (Å²) in [6, 6.07) is 11.6. The Labute approximate surface area is 144 Å². The summed E-state index contributed by atoms with van der Waals surface area (Å²) in [5.74, 6) is 0. The van der Waals surface area contributed by atoms with E-state index < -0.39 is 4.92 Å². The number of hydrogen-bond acceptors (Lipinski definition) is 4. The van der Waals surface area contributed by atoms with Gasteiger partial charge in [-0.1, -0.05) is 53.2 Å². The lowest BCUT2D eigenvalue weighted by molar-refractivity contribution is -0.384. The molecule has 0 saturated carbocycles. The van der Waals surface area contributed by atoms with Crippen LogP contribution in [0.15, 0.2) is 40.9 Å². The predicted molar refractivity (Wildman–Crippen MR) is 96.2 cm³/mol. The summed E-state index contributed by atoms with van der Waals surface area (Å²) in [6.45, 7) is 6.17. The topological polar surface area (TPSA) is 72.4 Å². The fourth-order valence-corrected chi connectivity index (χ4v) is 2.96. The second kappa shape index (κ2) is 7.57. The quantitative estimate of drug-likeness (QED) is 0.463. The Hall–Kier alpha value is -1.92. The molecular weight excluding hydrogens is 358 g/mol. The van der Waals surface area contributed by atoms with E-state index in [0.717, 1.165) is 24.2 Å². The second-order valence-electron chi connectivity index (χ2n) is 5.44. The number of nitrogens with zero attached hydrogens (tertiary/aromatic N) is 2. The number of benzene rings is 2. The van der Waals surface area contributed by atoms with Crippen LogP contribution in [0.1, 0.15) is 23.6 Å². The van der Waals surface area contributed by atoms with Gasteiger partial charge in [-0.15, -0.1) is 0 Å². The first-order valence-corrected chi connectivity index (χ1v) is 8.21.